The predicted octanol–water partition coefficient (Wildman–Crippen LogP) is 2.50. The van der Waals surface area contributed by atoms with Crippen LogP contribution in [-0.4, -0.2) is 20.8 Å². The molecule has 0 N–H and O–H groups in total. The van der Waals surface area contributed by atoms with Crippen LogP contribution in [0.3, 0.4) is 0 Å². The van der Waals surface area contributed by atoms with Gasteiger partial charge in [0.1, 0.15) is 0 Å². The zero-order valence-electron chi connectivity index (χ0n) is 5.76. The molecule has 1 heterocycles. The van der Waals surface area contributed by atoms with E-state index < -0.39 is 0 Å². The summed E-state index contributed by atoms with van der Waals surface area (Å²) in [5.74, 6) is 2.31. The number of hydrogen-bond acceptors (Lipinski definition) is 3. The molecule has 1 fully saturated rings. The molecule has 1 aliphatic heterocycles. The van der Waals surface area contributed by atoms with E-state index in [2.05, 4.69) is 38.2 Å². The summed E-state index contributed by atoms with van der Waals surface area (Å²) in [6.45, 7) is 4.57. The molecule has 0 aliphatic carbocycles. The summed E-state index contributed by atoms with van der Waals surface area (Å²) in [7, 11) is 0. The summed E-state index contributed by atoms with van der Waals surface area (Å²) in [6.07, 6.45) is 0. The van der Waals surface area contributed by atoms with E-state index in [0.29, 0.717) is 4.08 Å². The standard InChI is InChI=1S/C6H12S3/c1-6(2)8-4-5(3-7)9-6/h5,7H,3-4H2,1-2H3. The molecular formula is C6H12S3. The maximum atomic E-state index is 4.26. The molecule has 0 aromatic heterocycles. The van der Waals surface area contributed by atoms with Gasteiger partial charge in [-0.25, -0.2) is 0 Å². The van der Waals surface area contributed by atoms with Crippen molar-refractivity contribution in [1.82, 2.24) is 0 Å². The first-order chi connectivity index (χ1) is 4.14. The second-order valence-corrected chi connectivity index (χ2v) is 6.82. The van der Waals surface area contributed by atoms with Crippen molar-refractivity contribution < 1.29 is 0 Å². The third-order valence-electron chi connectivity index (χ3n) is 1.27. The topological polar surface area (TPSA) is 0 Å². The molecule has 0 amide bonds. The van der Waals surface area contributed by atoms with E-state index in [1.54, 1.807) is 0 Å². The number of hydrogen-bond donors (Lipinski definition) is 1. The molecule has 1 aliphatic rings. The predicted molar refractivity (Wildman–Crippen MR) is 51.8 cm³/mol. The SMILES string of the molecule is CC1(C)SCC(CS)S1. The molecule has 9 heavy (non-hydrogen) atoms. The van der Waals surface area contributed by atoms with Crippen molar-refractivity contribution in [1.29, 1.82) is 0 Å². The molecule has 3 heteroatoms. The van der Waals surface area contributed by atoms with Crippen LogP contribution >= 0.6 is 36.2 Å². The first-order valence-electron chi connectivity index (χ1n) is 3.07. The van der Waals surface area contributed by atoms with E-state index >= 15 is 0 Å². The summed E-state index contributed by atoms with van der Waals surface area (Å²) < 4.78 is 0.452. The summed E-state index contributed by atoms with van der Waals surface area (Å²) in [6, 6.07) is 0. The lowest BCUT2D eigenvalue weighted by atomic mass is 10.5. The van der Waals surface area contributed by atoms with Crippen molar-refractivity contribution in [3.63, 3.8) is 0 Å². The molecule has 0 aromatic rings. The Hall–Kier alpha value is 1.05. The van der Waals surface area contributed by atoms with Gasteiger partial charge in [-0.3, -0.25) is 0 Å². The van der Waals surface area contributed by atoms with Gasteiger partial charge in [0.2, 0.25) is 0 Å². The maximum absolute atomic E-state index is 4.26. The van der Waals surface area contributed by atoms with Gasteiger partial charge in [0.25, 0.3) is 0 Å². The van der Waals surface area contributed by atoms with E-state index in [1.807, 2.05) is 11.8 Å². The highest BCUT2D eigenvalue weighted by molar-refractivity contribution is 8.21. The number of thioether (sulfide) groups is 2. The molecule has 0 saturated carbocycles. The van der Waals surface area contributed by atoms with Crippen molar-refractivity contribution in [2.75, 3.05) is 11.5 Å². The Balaban J connectivity index is 2.38. The third-order valence-corrected chi connectivity index (χ3v) is 5.31. The summed E-state index contributed by atoms with van der Waals surface area (Å²) in [5.41, 5.74) is 0. The average Bonchev–Trinajstić information content (AvgIpc) is 2.10. The molecule has 0 spiro atoms. The highest BCUT2D eigenvalue weighted by atomic mass is 32.2. The van der Waals surface area contributed by atoms with Gasteiger partial charge in [0.15, 0.2) is 0 Å². The number of thiol groups is 1. The largest absolute Gasteiger partial charge is 0.178 e. The number of rotatable bonds is 1. The van der Waals surface area contributed by atoms with Crippen molar-refractivity contribution in [3.8, 4) is 0 Å². The Morgan fingerprint density at radius 2 is 2.33 bits per heavy atom. The van der Waals surface area contributed by atoms with Gasteiger partial charge in [-0.1, -0.05) is 0 Å². The van der Waals surface area contributed by atoms with E-state index in [0.717, 1.165) is 11.0 Å². The monoisotopic (exact) mass is 180 g/mol. The summed E-state index contributed by atoms with van der Waals surface area (Å²) in [5, 5.41) is 0.785. The molecule has 0 nitrogen and oxygen atoms in total. The van der Waals surface area contributed by atoms with Gasteiger partial charge in [0.05, 0.1) is 4.08 Å². The van der Waals surface area contributed by atoms with Gasteiger partial charge in [0, 0.05) is 16.8 Å². The van der Waals surface area contributed by atoms with Crippen LogP contribution in [0.4, 0.5) is 0 Å². The molecule has 1 unspecified atom stereocenters. The van der Waals surface area contributed by atoms with Crippen molar-refractivity contribution >= 4 is 36.2 Å². The van der Waals surface area contributed by atoms with E-state index in [9.17, 15) is 0 Å². The fraction of sp³-hybridized carbons (Fsp3) is 1.00. The first-order valence-corrected chi connectivity index (χ1v) is 5.56. The van der Waals surface area contributed by atoms with Gasteiger partial charge >= 0.3 is 0 Å². The second-order valence-electron chi connectivity index (χ2n) is 2.63. The molecule has 0 radical (unpaired) electrons. The Morgan fingerprint density at radius 1 is 1.67 bits per heavy atom. The van der Waals surface area contributed by atoms with Crippen molar-refractivity contribution in [2.24, 2.45) is 0 Å². The van der Waals surface area contributed by atoms with Gasteiger partial charge in [-0.15, -0.1) is 23.5 Å². The molecule has 0 aromatic carbocycles. The third kappa shape index (κ3) is 2.28. The Morgan fingerprint density at radius 3 is 2.56 bits per heavy atom. The maximum Gasteiger partial charge on any atom is 0.0558 e. The van der Waals surface area contributed by atoms with Crippen LogP contribution in [-0.2, 0) is 0 Å². The van der Waals surface area contributed by atoms with Gasteiger partial charge < -0.3 is 0 Å². The zero-order valence-corrected chi connectivity index (χ0v) is 8.28. The quantitative estimate of drug-likeness (QED) is 0.616. The molecule has 1 saturated heterocycles. The zero-order chi connectivity index (χ0) is 6.91. The minimum Gasteiger partial charge on any atom is -0.178 e. The highest BCUT2D eigenvalue weighted by Gasteiger charge is 2.31. The smallest absolute Gasteiger partial charge is 0.0558 e. The molecular weight excluding hydrogens is 168 g/mol. The Labute approximate surface area is 71.0 Å². The fourth-order valence-corrected chi connectivity index (χ4v) is 4.32. The van der Waals surface area contributed by atoms with Crippen LogP contribution in [0.25, 0.3) is 0 Å². The first kappa shape index (κ1) is 8.15. The van der Waals surface area contributed by atoms with Crippen LogP contribution in [0.5, 0.6) is 0 Å². The Bertz CT molecular complexity index is 100. The van der Waals surface area contributed by atoms with Crippen molar-refractivity contribution in [3.05, 3.63) is 0 Å². The van der Waals surface area contributed by atoms with Gasteiger partial charge in [-0.2, -0.15) is 12.6 Å². The van der Waals surface area contributed by atoms with Crippen LogP contribution in [0.15, 0.2) is 0 Å². The normalized spacial score (nSPS) is 33.0. The van der Waals surface area contributed by atoms with Crippen LogP contribution < -0.4 is 0 Å². The van der Waals surface area contributed by atoms with Gasteiger partial charge in [-0.05, 0) is 13.8 Å². The lowest BCUT2D eigenvalue weighted by molar-refractivity contribution is 1.04. The molecule has 0 bridgehead atoms. The molecule has 1 atom stereocenters. The van der Waals surface area contributed by atoms with Crippen LogP contribution in [0, 0.1) is 0 Å². The Kier molecular flexibility index (Phi) is 2.69. The minimum atomic E-state index is 0.452. The van der Waals surface area contributed by atoms with Crippen LogP contribution in [0.2, 0.25) is 0 Å². The second kappa shape index (κ2) is 2.97. The lowest BCUT2D eigenvalue weighted by Crippen LogP contribution is -2.05. The van der Waals surface area contributed by atoms with E-state index in [-0.39, 0.29) is 0 Å². The average molecular weight is 180 g/mol. The minimum absolute atomic E-state index is 0.452. The molecule has 1 rings (SSSR count). The summed E-state index contributed by atoms with van der Waals surface area (Å²) in [4.78, 5) is 0. The van der Waals surface area contributed by atoms with Crippen molar-refractivity contribution in [2.45, 2.75) is 23.2 Å². The lowest BCUT2D eigenvalue weighted by Gasteiger charge is -2.14. The van der Waals surface area contributed by atoms with Crippen LogP contribution in [0.1, 0.15) is 13.8 Å². The highest BCUT2D eigenvalue weighted by Crippen LogP contribution is 2.47. The van der Waals surface area contributed by atoms with E-state index in [1.165, 1.54) is 5.75 Å². The fourth-order valence-electron chi connectivity index (χ4n) is 0.853. The molecule has 54 valence electrons. The van der Waals surface area contributed by atoms with E-state index in [4.69, 9.17) is 0 Å². The summed E-state index contributed by atoms with van der Waals surface area (Å²) >= 11 is 8.36.